The monoisotopic (exact) mass is 418 g/mol. The van der Waals surface area contributed by atoms with Crippen LogP contribution < -0.4 is 14.4 Å². The average molecular weight is 419 g/mol. The molecule has 0 radical (unpaired) electrons. The third kappa shape index (κ3) is 3.78. The Morgan fingerprint density at radius 1 is 0.967 bits per heavy atom. The molecule has 0 bridgehead atoms. The van der Waals surface area contributed by atoms with Crippen molar-refractivity contribution in [3.05, 3.63) is 87.6 Å². The summed E-state index contributed by atoms with van der Waals surface area (Å²) in [6.07, 6.45) is 4.00. The fraction of sp³-hybridized carbons (Fsp3) is 0.308. The number of rotatable bonds is 5. The van der Waals surface area contributed by atoms with Gasteiger partial charge in [0.2, 0.25) is 0 Å². The van der Waals surface area contributed by atoms with Crippen molar-refractivity contribution in [2.75, 3.05) is 26.7 Å². The van der Waals surface area contributed by atoms with E-state index >= 15 is 0 Å². The molecule has 30 heavy (non-hydrogen) atoms. The number of nitrogens with one attached hydrogen (secondary N) is 1. The molecule has 2 aliphatic heterocycles. The molecule has 5 rings (SSSR count). The Morgan fingerprint density at radius 3 is 2.50 bits per heavy atom. The topological polar surface area (TPSA) is 22.9 Å². The summed E-state index contributed by atoms with van der Waals surface area (Å²) in [5.41, 5.74) is 3.96. The van der Waals surface area contributed by atoms with Gasteiger partial charge in [-0.2, -0.15) is 0 Å². The van der Waals surface area contributed by atoms with Crippen LogP contribution in [0, 0.1) is 0 Å². The van der Waals surface area contributed by atoms with E-state index in [9.17, 15) is 0 Å². The summed E-state index contributed by atoms with van der Waals surface area (Å²) in [5.74, 6) is 3.12. The predicted molar refractivity (Wildman–Crippen MR) is 123 cm³/mol. The Morgan fingerprint density at radius 2 is 1.77 bits per heavy atom. The maximum absolute atomic E-state index is 6.58. The summed E-state index contributed by atoms with van der Waals surface area (Å²) in [7, 11) is 1.72. The van der Waals surface area contributed by atoms with E-state index in [0.717, 1.165) is 23.8 Å². The van der Waals surface area contributed by atoms with E-state index in [-0.39, 0.29) is 5.92 Å². The second-order valence-corrected chi connectivity index (χ2v) is 9.11. The van der Waals surface area contributed by atoms with Crippen LogP contribution >= 0.6 is 11.3 Å². The molecule has 3 heterocycles. The highest BCUT2D eigenvalue weighted by Crippen LogP contribution is 2.46. The molecular formula is C26H28NO2S+. The zero-order valence-electron chi connectivity index (χ0n) is 17.4. The molecule has 1 fully saturated rings. The number of thiophene rings is 1. The van der Waals surface area contributed by atoms with Crippen molar-refractivity contribution in [3.63, 3.8) is 0 Å². The quantitative estimate of drug-likeness (QED) is 0.646. The van der Waals surface area contributed by atoms with E-state index in [1.165, 1.54) is 53.9 Å². The fourth-order valence-corrected chi connectivity index (χ4v) is 5.52. The number of methoxy groups -OCH3 is 1. The van der Waals surface area contributed by atoms with E-state index in [0.29, 0.717) is 0 Å². The van der Waals surface area contributed by atoms with Gasteiger partial charge in [0.1, 0.15) is 23.8 Å². The van der Waals surface area contributed by atoms with Crippen LogP contribution in [-0.4, -0.2) is 26.7 Å². The van der Waals surface area contributed by atoms with Gasteiger partial charge in [0, 0.05) is 17.1 Å². The Balaban J connectivity index is 1.65. The zero-order chi connectivity index (χ0) is 20.3. The molecule has 0 saturated carbocycles. The number of ether oxygens (including phenoxy) is 2. The van der Waals surface area contributed by atoms with Crippen LogP contribution in [0.15, 0.2) is 71.6 Å². The molecule has 1 N–H and O–H groups in total. The fourth-order valence-electron chi connectivity index (χ4n) is 4.78. The molecule has 3 aromatic rings. The Bertz CT molecular complexity index is 1020. The molecule has 0 aliphatic carbocycles. The number of hydrogen-bond acceptors (Lipinski definition) is 3. The molecule has 1 unspecified atom stereocenters. The van der Waals surface area contributed by atoms with Gasteiger partial charge in [0.05, 0.1) is 25.1 Å². The number of para-hydroxylation sites is 1. The molecule has 154 valence electrons. The molecule has 1 aromatic heterocycles. The first-order chi connectivity index (χ1) is 14.8. The van der Waals surface area contributed by atoms with Crippen molar-refractivity contribution in [3.8, 4) is 11.5 Å². The largest absolute Gasteiger partial charge is 0.497 e. The van der Waals surface area contributed by atoms with E-state index in [4.69, 9.17) is 9.47 Å². The van der Waals surface area contributed by atoms with Gasteiger partial charge in [-0.15, -0.1) is 11.3 Å². The van der Waals surface area contributed by atoms with Crippen LogP contribution in [0.5, 0.6) is 11.5 Å². The molecule has 0 spiro atoms. The number of quaternary nitrogens is 1. The van der Waals surface area contributed by atoms with Crippen molar-refractivity contribution in [1.82, 2.24) is 0 Å². The first kappa shape index (κ1) is 19.4. The Kier molecular flexibility index (Phi) is 5.60. The van der Waals surface area contributed by atoms with Crippen molar-refractivity contribution in [2.24, 2.45) is 0 Å². The molecule has 4 heteroatoms. The van der Waals surface area contributed by atoms with Crippen LogP contribution in [-0.2, 0) is 0 Å². The van der Waals surface area contributed by atoms with Crippen LogP contribution in [0.2, 0.25) is 0 Å². The molecule has 0 amide bonds. The van der Waals surface area contributed by atoms with Crippen molar-refractivity contribution < 1.29 is 14.4 Å². The van der Waals surface area contributed by atoms with Crippen LogP contribution in [0.3, 0.4) is 0 Å². The summed E-state index contributed by atoms with van der Waals surface area (Å²) in [6, 6.07) is 21.4. The van der Waals surface area contributed by atoms with Crippen LogP contribution in [0.4, 0.5) is 0 Å². The molecule has 1 saturated heterocycles. The Hall–Kier alpha value is -2.56. The smallest absolute Gasteiger partial charge is 0.150 e. The second-order valence-electron chi connectivity index (χ2n) is 8.17. The molecule has 1 atom stereocenters. The van der Waals surface area contributed by atoms with Crippen molar-refractivity contribution in [2.45, 2.75) is 25.2 Å². The standard InChI is InChI=1S/C26H27NO2S/c1-28-20-13-11-19(12-14-20)25-21-8-3-4-9-23(21)29-26(24-10-7-17-30-24)22(25)18-27-15-5-2-6-16-27/h3-4,7-14,17,25H,2,5-6,15-16,18H2,1H3/p+1. The lowest BCUT2D eigenvalue weighted by Gasteiger charge is -2.33. The minimum atomic E-state index is 0.201. The zero-order valence-corrected chi connectivity index (χ0v) is 18.2. The van der Waals surface area contributed by atoms with Gasteiger partial charge in [-0.3, -0.25) is 0 Å². The summed E-state index contributed by atoms with van der Waals surface area (Å²) < 4.78 is 12.0. The second kappa shape index (κ2) is 8.66. The SMILES string of the molecule is COc1ccc(C2C(C[NH+]3CCCCC3)=C(c3cccs3)Oc3ccccc32)cc1. The number of likely N-dealkylation sites (tertiary alicyclic amines) is 1. The third-order valence-electron chi connectivity index (χ3n) is 6.28. The molecule has 2 aromatic carbocycles. The first-order valence-electron chi connectivity index (χ1n) is 10.8. The lowest BCUT2D eigenvalue weighted by molar-refractivity contribution is -0.900. The minimum absolute atomic E-state index is 0.201. The van der Waals surface area contributed by atoms with E-state index in [1.54, 1.807) is 23.3 Å². The van der Waals surface area contributed by atoms with Gasteiger partial charge in [-0.25, -0.2) is 0 Å². The maximum atomic E-state index is 6.58. The average Bonchev–Trinajstić information content (AvgIpc) is 3.34. The predicted octanol–water partition coefficient (Wildman–Crippen LogP) is 4.76. The summed E-state index contributed by atoms with van der Waals surface area (Å²) >= 11 is 1.76. The van der Waals surface area contributed by atoms with E-state index < -0.39 is 0 Å². The molecule has 3 nitrogen and oxygen atoms in total. The maximum Gasteiger partial charge on any atom is 0.150 e. The normalized spacial score (nSPS) is 19.3. The number of fused-ring (bicyclic) bond motifs is 1. The lowest BCUT2D eigenvalue weighted by atomic mass is 9.81. The third-order valence-corrected chi connectivity index (χ3v) is 7.15. The molecule has 2 aliphatic rings. The summed E-state index contributed by atoms with van der Waals surface area (Å²) in [5, 5.41) is 2.14. The Labute approximate surface area is 182 Å². The van der Waals surface area contributed by atoms with Crippen LogP contribution in [0.25, 0.3) is 5.76 Å². The van der Waals surface area contributed by atoms with Gasteiger partial charge in [0.15, 0.2) is 0 Å². The highest BCUT2D eigenvalue weighted by molar-refractivity contribution is 7.11. The highest BCUT2D eigenvalue weighted by atomic mass is 32.1. The summed E-state index contributed by atoms with van der Waals surface area (Å²) in [6.45, 7) is 3.52. The highest BCUT2D eigenvalue weighted by Gasteiger charge is 2.34. The van der Waals surface area contributed by atoms with Gasteiger partial charge >= 0.3 is 0 Å². The minimum Gasteiger partial charge on any atom is -0.497 e. The van der Waals surface area contributed by atoms with Gasteiger partial charge < -0.3 is 14.4 Å². The van der Waals surface area contributed by atoms with Gasteiger partial charge in [-0.05, 0) is 54.5 Å². The first-order valence-corrected chi connectivity index (χ1v) is 11.7. The van der Waals surface area contributed by atoms with Crippen molar-refractivity contribution in [1.29, 1.82) is 0 Å². The van der Waals surface area contributed by atoms with Gasteiger partial charge in [-0.1, -0.05) is 36.4 Å². The number of piperidine rings is 1. The van der Waals surface area contributed by atoms with Crippen LogP contribution in [0.1, 0.15) is 41.2 Å². The van der Waals surface area contributed by atoms with E-state index in [2.05, 4.69) is 66.0 Å². The van der Waals surface area contributed by atoms with Gasteiger partial charge in [0.25, 0.3) is 0 Å². The van der Waals surface area contributed by atoms with E-state index in [1.807, 2.05) is 0 Å². The van der Waals surface area contributed by atoms with Crippen molar-refractivity contribution >= 4 is 17.1 Å². The molecular weight excluding hydrogens is 390 g/mol. The number of benzene rings is 2. The number of hydrogen-bond donors (Lipinski definition) is 1. The lowest BCUT2D eigenvalue weighted by Crippen LogP contribution is -3.13. The summed E-state index contributed by atoms with van der Waals surface area (Å²) in [4.78, 5) is 2.89.